The first-order chi connectivity index (χ1) is 13.2. The molecule has 2 aromatic carbocycles. The van der Waals surface area contributed by atoms with Crippen molar-refractivity contribution in [1.82, 2.24) is 10.6 Å². The molecule has 0 bridgehead atoms. The number of rotatable bonds is 8. The van der Waals surface area contributed by atoms with Crippen LogP contribution in [0, 0.1) is 0 Å². The van der Waals surface area contributed by atoms with Crippen LogP contribution < -0.4 is 15.4 Å². The maximum Gasteiger partial charge on any atom is 0.258 e. The van der Waals surface area contributed by atoms with E-state index in [2.05, 4.69) is 10.6 Å². The van der Waals surface area contributed by atoms with Crippen molar-refractivity contribution in [2.24, 2.45) is 0 Å². The lowest BCUT2D eigenvalue weighted by Crippen LogP contribution is -2.35. The summed E-state index contributed by atoms with van der Waals surface area (Å²) in [7, 11) is 0. The Hall–Kier alpha value is -2.86. The molecule has 2 aromatic rings. The van der Waals surface area contributed by atoms with E-state index in [9.17, 15) is 9.59 Å². The van der Waals surface area contributed by atoms with Crippen LogP contribution in [0.4, 0.5) is 0 Å². The Morgan fingerprint density at radius 1 is 1.07 bits per heavy atom. The Balaban J connectivity index is 1.44. The molecule has 1 aliphatic rings. The molecule has 0 aromatic heterocycles. The van der Waals surface area contributed by atoms with E-state index in [0.29, 0.717) is 24.4 Å². The smallest absolute Gasteiger partial charge is 0.258 e. The molecule has 1 atom stereocenters. The fourth-order valence-electron chi connectivity index (χ4n) is 2.84. The van der Waals surface area contributed by atoms with Gasteiger partial charge in [0.25, 0.3) is 11.8 Å². The summed E-state index contributed by atoms with van der Waals surface area (Å²) in [6.07, 6.45) is 2.11. The molecule has 1 fully saturated rings. The fourth-order valence-corrected chi connectivity index (χ4v) is 2.84. The van der Waals surface area contributed by atoms with Gasteiger partial charge in [-0.15, -0.1) is 0 Å². The molecule has 0 spiro atoms. The van der Waals surface area contributed by atoms with Gasteiger partial charge in [0.1, 0.15) is 5.75 Å². The number of ether oxygens (including phenoxy) is 2. The lowest BCUT2D eigenvalue weighted by Gasteiger charge is -2.12. The number of hydrogen-bond donors (Lipinski definition) is 2. The molecule has 0 saturated carbocycles. The number of benzene rings is 2. The summed E-state index contributed by atoms with van der Waals surface area (Å²) in [5.74, 6) is 0.0891. The Labute approximate surface area is 158 Å². The zero-order valence-electron chi connectivity index (χ0n) is 15.1. The van der Waals surface area contributed by atoms with Crippen molar-refractivity contribution in [2.45, 2.75) is 25.5 Å². The highest BCUT2D eigenvalue weighted by atomic mass is 16.5. The van der Waals surface area contributed by atoms with Gasteiger partial charge in [-0.2, -0.15) is 0 Å². The van der Waals surface area contributed by atoms with Gasteiger partial charge < -0.3 is 20.1 Å². The van der Waals surface area contributed by atoms with E-state index in [0.717, 1.165) is 25.0 Å². The number of nitrogens with one attached hydrogen (secondary N) is 2. The largest absolute Gasteiger partial charge is 0.484 e. The summed E-state index contributed by atoms with van der Waals surface area (Å²) < 4.78 is 11.0. The van der Waals surface area contributed by atoms with E-state index < -0.39 is 0 Å². The van der Waals surface area contributed by atoms with E-state index in [-0.39, 0.29) is 24.5 Å². The van der Waals surface area contributed by atoms with Gasteiger partial charge in [-0.05, 0) is 36.6 Å². The first-order valence-electron chi connectivity index (χ1n) is 9.14. The van der Waals surface area contributed by atoms with Gasteiger partial charge >= 0.3 is 0 Å². The second kappa shape index (κ2) is 9.73. The summed E-state index contributed by atoms with van der Waals surface area (Å²) in [6.45, 7) is 1.62. The number of hydrogen-bond acceptors (Lipinski definition) is 4. The predicted octanol–water partition coefficient (Wildman–Crippen LogP) is 2.29. The quantitative estimate of drug-likeness (QED) is 0.750. The molecule has 27 heavy (non-hydrogen) atoms. The third-order valence-electron chi connectivity index (χ3n) is 4.31. The third kappa shape index (κ3) is 6.11. The van der Waals surface area contributed by atoms with Crippen LogP contribution >= 0.6 is 0 Å². The van der Waals surface area contributed by atoms with Gasteiger partial charge in [0.05, 0.1) is 6.10 Å². The zero-order valence-corrected chi connectivity index (χ0v) is 15.1. The average Bonchev–Trinajstić information content (AvgIpc) is 3.23. The topological polar surface area (TPSA) is 76.7 Å². The molecule has 1 saturated heterocycles. The molecule has 6 heteroatoms. The van der Waals surface area contributed by atoms with Crippen LogP contribution in [0.1, 0.15) is 28.8 Å². The molecule has 1 heterocycles. The van der Waals surface area contributed by atoms with Crippen LogP contribution in [-0.4, -0.2) is 37.7 Å². The highest BCUT2D eigenvalue weighted by Gasteiger charge is 2.16. The van der Waals surface area contributed by atoms with E-state index >= 15 is 0 Å². The van der Waals surface area contributed by atoms with E-state index in [4.69, 9.17) is 9.47 Å². The lowest BCUT2D eigenvalue weighted by molar-refractivity contribution is -0.123. The van der Waals surface area contributed by atoms with Crippen molar-refractivity contribution in [2.75, 3.05) is 19.8 Å². The number of carbonyl (C=O) groups excluding carboxylic acids is 2. The highest BCUT2D eigenvalue weighted by molar-refractivity contribution is 5.94. The third-order valence-corrected chi connectivity index (χ3v) is 4.31. The maximum absolute atomic E-state index is 12.3. The molecular formula is C21H24N2O4. The van der Waals surface area contributed by atoms with Crippen LogP contribution in [0.15, 0.2) is 54.6 Å². The first-order valence-corrected chi connectivity index (χ1v) is 9.14. The Bertz CT molecular complexity index is 758. The molecule has 142 valence electrons. The first kappa shape index (κ1) is 18.9. The maximum atomic E-state index is 12.3. The van der Waals surface area contributed by atoms with Gasteiger partial charge in [0, 0.05) is 25.3 Å². The van der Waals surface area contributed by atoms with Crippen molar-refractivity contribution < 1.29 is 19.1 Å². The Morgan fingerprint density at radius 2 is 1.93 bits per heavy atom. The number of amides is 2. The zero-order chi connectivity index (χ0) is 18.9. The molecule has 3 rings (SSSR count). The van der Waals surface area contributed by atoms with Crippen LogP contribution in [0.25, 0.3) is 0 Å². The van der Waals surface area contributed by atoms with Crippen molar-refractivity contribution in [3.05, 3.63) is 65.7 Å². The van der Waals surface area contributed by atoms with Crippen molar-refractivity contribution in [3.8, 4) is 5.75 Å². The van der Waals surface area contributed by atoms with E-state index in [1.165, 1.54) is 0 Å². The van der Waals surface area contributed by atoms with Gasteiger partial charge in [-0.3, -0.25) is 9.59 Å². The van der Waals surface area contributed by atoms with Gasteiger partial charge in [-0.1, -0.05) is 36.4 Å². The lowest BCUT2D eigenvalue weighted by atomic mass is 10.2. The summed E-state index contributed by atoms with van der Waals surface area (Å²) in [5, 5.41) is 5.67. The van der Waals surface area contributed by atoms with Crippen molar-refractivity contribution in [3.63, 3.8) is 0 Å². The Kier molecular flexibility index (Phi) is 6.82. The van der Waals surface area contributed by atoms with Gasteiger partial charge in [-0.25, -0.2) is 0 Å². The molecule has 2 N–H and O–H groups in total. The SMILES string of the molecule is O=C(COc1cccc(C(=O)NCc2ccccc2)c1)NC[C@H]1CCCO1. The highest BCUT2D eigenvalue weighted by Crippen LogP contribution is 2.14. The summed E-state index contributed by atoms with van der Waals surface area (Å²) in [6, 6.07) is 16.5. The van der Waals surface area contributed by atoms with E-state index in [1.54, 1.807) is 24.3 Å². The summed E-state index contributed by atoms with van der Waals surface area (Å²) >= 11 is 0. The van der Waals surface area contributed by atoms with Crippen LogP contribution in [0.5, 0.6) is 5.75 Å². The molecule has 0 unspecified atom stereocenters. The molecule has 0 radical (unpaired) electrons. The monoisotopic (exact) mass is 368 g/mol. The van der Waals surface area contributed by atoms with Crippen molar-refractivity contribution >= 4 is 11.8 Å². The Morgan fingerprint density at radius 3 is 2.70 bits per heavy atom. The summed E-state index contributed by atoms with van der Waals surface area (Å²) in [4.78, 5) is 24.2. The van der Waals surface area contributed by atoms with Gasteiger partial charge in [0.15, 0.2) is 6.61 Å². The minimum atomic E-state index is -0.204. The minimum Gasteiger partial charge on any atom is -0.484 e. The molecule has 2 amide bonds. The second-order valence-electron chi connectivity index (χ2n) is 6.42. The molecule has 0 aliphatic carbocycles. The average molecular weight is 368 g/mol. The van der Waals surface area contributed by atoms with Crippen LogP contribution in [0.3, 0.4) is 0 Å². The van der Waals surface area contributed by atoms with Crippen LogP contribution in [-0.2, 0) is 16.1 Å². The predicted molar refractivity (Wildman–Crippen MR) is 102 cm³/mol. The van der Waals surface area contributed by atoms with Gasteiger partial charge in [0.2, 0.25) is 0 Å². The molecular weight excluding hydrogens is 344 g/mol. The standard InChI is InChI=1S/C21H24N2O4/c24-20(22-14-19-10-5-11-26-19)15-27-18-9-4-8-17(12-18)21(25)23-13-16-6-2-1-3-7-16/h1-4,6-9,12,19H,5,10-11,13-15H2,(H,22,24)(H,23,25)/t19-/m1/s1. The summed E-state index contributed by atoms with van der Waals surface area (Å²) in [5.41, 5.74) is 1.52. The van der Waals surface area contributed by atoms with Crippen LogP contribution in [0.2, 0.25) is 0 Å². The normalized spacial score (nSPS) is 15.9. The van der Waals surface area contributed by atoms with E-state index in [1.807, 2.05) is 30.3 Å². The molecule has 6 nitrogen and oxygen atoms in total. The fraction of sp³-hybridized carbons (Fsp3) is 0.333. The molecule has 1 aliphatic heterocycles. The van der Waals surface area contributed by atoms with Crippen molar-refractivity contribution in [1.29, 1.82) is 0 Å². The second-order valence-corrected chi connectivity index (χ2v) is 6.42. The minimum absolute atomic E-state index is 0.0954. The number of carbonyl (C=O) groups is 2.